The van der Waals surface area contributed by atoms with Crippen LogP contribution in [0.1, 0.15) is 95.2 Å². The van der Waals surface area contributed by atoms with Gasteiger partial charge in [0.1, 0.15) is 11.1 Å². The van der Waals surface area contributed by atoms with Crippen LogP contribution in [0.3, 0.4) is 0 Å². The SMILES string of the molecule is Cc1cc(N(C)C(=O)OC(C)(C)C)cc(C)c1CCS(=O)(=O)N1CCC(NC(=O)CCCCCCCC(F)(F)C(F)(F)F)(C(N)=O)CC1. The molecule has 1 aromatic rings. The molecule has 10 nitrogen and oxygen atoms in total. The Labute approximate surface area is 280 Å². The molecule has 1 fully saturated rings. The summed E-state index contributed by atoms with van der Waals surface area (Å²) in [5.41, 5.74) is 6.60. The summed E-state index contributed by atoms with van der Waals surface area (Å²) in [7, 11) is -2.15. The monoisotopic (exact) mass is 712 g/mol. The molecule has 48 heavy (non-hydrogen) atoms. The van der Waals surface area contributed by atoms with Gasteiger partial charge in [-0.2, -0.15) is 22.0 Å². The van der Waals surface area contributed by atoms with Crippen LogP contribution in [-0.4, -0.2) is 79.8 Å². The number of benzene rings is 1. The highest BCUT2D eigenvalue weighted by Crippen LogP contribution is 2.39. The Bertz CT molecular complexity index is 1380. The standard InChI is InChI=1S/C32H49F5N4O6S/c1-22-20-24(40(6)28(44)47-29(3,4)5)21-23(2)25(22)13-19-48(45,46)41-17-15-30(16-18-41,27(38)43)39-26(42)12-10-8-7-9-11-14-31(33,34)32(35,36)37/h20-21H,7-19H2,1-6H3,(H2,38,43)(H,39,42). The number of unbranched alkanes of at least 4 members (excludes halogenated alkanes) is 4. The number of carbonyl (C=O) groups excluding carboxylic acids is 3. The second-order valence-electron chi connectivity index (χ2n) is 13.5. The van der Waals surface area contributed by atoms with Crippen molar-refractivity contribution < 1.29 is 49.5 Å². The minimum atomic E-state index is -5.57. The van der Waals surface area contributed by atoms with Crippen molar-refractivity contribution in [2.24, 2.45) is 5.73 Å². The number of nitrogens with two attached hydrogens (primary N) is 1. The van der Waals surface area contributed by atoms with Gasteiger partial charge in [-0.25, -0.2) is 17.5 Å². The zero-order chi connectivity index (χ0) is 36.7. The van der Waals surface area contributed by atoms with Gasteiger partial charge in [0, 0.05) is 38.7 Å². The zero-order valence-electron chi connectivity index (χ0n) is 28.6. The van der Waals surface area contributed by atoms with Crippen molar-refractivity contribution in [2.75, 3.05) is 30.8 Å². The van der Waals surface area contributed by atoms with E-state index >= 15 is 0 Å². The quantitative estimate of drug-likeness (QED) is 0.171. The van der Waals surface area contributed by atoms with Crippen molar-refractivity contribution >= 4 is 33.6 Å². The van der Waals surface area contributed by atoms with Crippen LogP contribution >= 0.6 is 0 Å². The normalized spacial score (nSPS) is 16.0. The van der Waals surface area contributed by atoms with Crippen LogP contribution in [-0.2, 0) is 30.8 Å². The Morgan fingerprint density at radius 3 is 1.98 bits per heavy atom. The van der Waals surface area contributed by atoms with Gasteiger partial charge in [0.05, 0.1) is 5.75 Å². The van der Waals surface area contributed by atoms with E-state index in [-0.39, 0.29) is 57.4 Å². The maximum atomic E-state index is 13.3. The molecule has 2 rings (SSSR count). The number of ether oxygens (including phenoxy) is 1. The highest BCUT2D eigenvalue weighted by Gasteiger charge is 2.56. The number of nitrogens with zero attached hydrogens (tertiary/aromatic N) is 2. The number of aryl methyl sites for hydroxylation is 2. The molecule has 1 saturated heterocycles. The van der Waals surface area contributed by atoms with E-state index in [0.717, 1.165) is 16.7 Å². The molecule has 0 unspecified atom stereocenters. The molecule has 1 aromatic carbocycles. The van der Waals surface area contributed by atoms with Crippen molar-refractivity contribution in [1.82, 2.24) is 9.62 Å². The highest BCUT2D eigenvalue weighted by molar-refractivity contribution is 7.89. The Kier molecular flexibility index (Phi) is 13.8. The number of hydrogen-bond donors (Lipinski definition) is 2. The van der Waals surface area contributed by atoms with Crippen LogP contribution < -0.4 is 16.0 Å². The van der Waals surface area contributed by atoms with E-state index in [1.807, 2.05) is 13.8 Å². The van der Waals surface area contributed by atoms with Crippen LogP contribution in [0.5, 0.6) is 0 Å². The van der Waals surface area contributed by atoms with Gasteiger partial charge in [0.2, 0.25) is 21.8 Å². The lowest BCUT2D eigenvalue weighted by atomic mass is 9.87. The van der Waals surface area contributed by atoms with Crippen molar-refractivity contribution in [1.29, 1.82) is 0 Å². The number of anilines is 1. The molecule has 0 aliphatic carbocycles. The molecule has 1 aliphatic rings. The van der Waals surface area contributed by atoms with E-state index in [1.54, 1.807) is 40.0 Å². The number of piperidine rings is 1. The molecular formula is C32H49F5N4O6S. The maximum absolute atomic E-state index is 13.3. The van der Waals surface area contributed by atoms with E-state index in [1.165, 1.54) is 9.21 Å². The third-order valence-electron chi connectivity index (χ3n) is 8.47. The molecule has 0 aromatic heterocycles. The van der Waals surface area contributed by atoms with Gasteiger partial charge >= 0.3 is 18.2 Å². The summed E-state index contributed by atoms with van der Waals surface area (Å²) in [6.45, 7) is 8.92. The number of carbonyl (C=O) groups is 3. The Morgan fingerprint density at radius 1 is 0.958 bits per heavy atom. The summed E-state index contributed by atoms with van der Waals surface area (Å²) >= 11 is 0. The minimum absolute atomic E-state index is 0.0131. The largest absolute Gasteiger partial charge is 0.453 e. The summed E-state index contributed by atoms with van der Waals surface area (Å²) in [5, 5.41) is 2.65. The van der Waals surface area contributed by atoms with Crippen LogP contribution in [0.4, 0.5) is 32.4 Å². The second-order valence-corrected chi connectivity index (χ2v) is 15.6. The fraction of sp³-hybridized carbons (Fsp3) is 0.719. The Hall–Kier alpha value is -3.01. The molecule has 1 heterocycles. The molecule has 3 N–H and O–H groups in total. The predicted molar refractivity (Wildman–Crippen MR) is 172 cm³/mol. The zero-order valence-corrected chi connectivity index (χ0v) is 29.4. The predicted octanol–water partition coefficient (Wildman–Crippen LogP) is 5.91. The smallest absolute Gasteiger partial charge is 0.443 e. The Balaban J connectivity index is 1.89. The number of rotatable bonds is 15. The van der Waals surface area contributed by atoms with Gasteiger partial charge in [-0.15, -0.1) is 0 Å². The molecule has 0 atom stereocenters. The van der Waals surface area contributed by atoms with E-state index in [9.17, 15) is 44.8 Å². The number of nitrogens with one attached hydrogen (secondary N) is 1. The first-order chi connectivity index (χ1) is 21.9. The fourth-order valence-corrected chi connectivity index (χ4v) is 7.03. The lowest BCUT2D eigenvalue weighted by molar-refractivity contribution is -0.284. The number of amides is 3. The van der Waals surface area contributed by atoms with E-state index < -0.39 is 57.6 Å². The van der Waals surface area contributed by atoms with Crippen LogP contribution in [0.25, 0.3) is 0 Å². The molecule has 0 spiro atoms. The third kappa shape index (κ3) is 11.6. The Morgan fingerprint density at radius 2 is 1.48 bits per heavy atom. The molecule has 0 saturated carbocycles. The van der Waals surface area contributed by atoms with Gasteiger partial charge in [0.15, 0.2) is 0 Å². The average molecular weight is 713 g/mol. The van der Waals surface area contributed by atoms with Gasteiger partial charge in [-0.05, 0) is 95.5 Å². The van der Waals surface area contributed by atoms with Crippen molar-refractivity contribution in [3.8, 4) is 0 Å². The summed E-state index contributed by atoms with van der Waals surface area (Å²) in [6, 6.07) is 3.59. The van der Waals surface area contributed by atoms with Gasteiger partial charge in [0.25, 0.3) is 0 Å². The first-order valence-electron chi connectivity index (χ1n) is 16.0. The lowest BCUT2D eigenvalue weighted by Crippen LogP contribution is -2.62. The van der Waals surface area contributed by atoms with Gasteiger partial charge in [-0.1, -0.05) is 19.3 Å². The molecule has 0 bridgehead atoms. The van der Waals surface area contributed by atoms with Gasteiger partial charge < -0.3 is 15.8 Å². The molecule has 274 valence electrons. The highest BCUT2D eigenvalue weighted by atomic mass is 32.2. The average Bonchev–Trinajstić information content (AvgIpc) is 2.94. The number of primary amides is 1. The third-order valence-corrected chi connectivity index (χ3v) is 10.3. The topological polar surface area (TPSA) is 139 Å². The summed E-state index contributed by atoms with van der Waals surface area (Å²) < 4.78 is 96.0. The summed E-state index contributed by atoms with van der Waals surface area (Å²) in [5.74, 6) is -6.19. The molecule has 16 heteroatoms. The minimum Gasteiger partial charge on any atom is -0.443 e. The van der Waals surface area contributed by atoms with Gasteiger partial charge in [-0.3, -0.25) is 14.5 Å². The van der Waals surface area contributed by atoms with Crippen LogP contribution in [0.2, 0.25) is 0 Å². The number of alkyl halides is 5. The summed E-state index contributed by atoms with van der Waals surface area (Å²) in [6.07, 6.45) is -6.26. The van der Waals surface area contributed by atoms with Crippen molar-refractivity contribution in [3.05, 3.63) is 28.8 Å². The molecule has 1 aliphatic heterocycles. The summed E-state index contributed by atoms with van der Waals surface area (Å²) in [4.78, 5) is 38.9. The molecular weight excluding hydrogens is 663 g/mol. The van der Waals surface area contributed by atoms with E-state index in [4.69, 9.17) is 10.5 Å². The lowest BCUT2D eigenvalue weighted by Gasteiger charge is -2.39. The molecule has 0 radical (unpaired) electrons. The van der Waals surface area contributed by atoms with Crippen molar-refractivity contribution in [3.63, 3.8) is 0 Å². The van der Waals surface area contributed by atoms with Crippen LogP contribution in [0.15, 0.2) is 12.1 Å². The van der Waals surface area contributed by atoms with E-state index in [0.29, 0.717) is 24.9 Å². The van der Waals surface area contributed by atoms with Crippen LogP contribution in [0, 0.1) is 13.8 Å². The van der Waals surface area contributed by atoms with Crippen molar-refractivity contribution in [2.45, 2.75) is 122 Å². The number of halogens is 5. The first-order valence-corrected chi connectivity index (χ1v) is 17.6. The van der Waals surface area contributed by atoms with E-state index in [2.05, 4.69) is 5.32 Å². The molecule has 3 amide bonds. The fourth-order valence-electron chi connectivity index (χ4n) is 5.57. The first kappa shape index (κ1) is 41.2. The second kappa shape index (κ2) is 16.1. The number of sulfonamides is 1. The maximum Gasteiger partial charge on any atom is 0.453 e. The number of hydrogen-bond acceptors (Lipinski definition) is 6.